The van der Waals surface area contributed by atoms with E-state index >= 15 is 0 Å². The monoisotopic (exact) mass is 424 g/mol. The van der Waals surface area contributed by atoms with Crippen LogP contribution >= 0.6 is 0 Å². The number of ether oxygens (including phenoxy) is 1. The molecule has 1 heterocycles. The average Bonchev–Trinajstić information content (AvgIpc) is 2.73. The van der Waals surface area contributed by atoms with Crippen LogP contribution in [0, 0.1) is 37.0 Å². The van der Waals surface area contributed by atoms with E-state index in [-0.39, 0.29) is 12.5 Å². The van der Waals surface area contributed by atoms with Crippen molar-refractivity contribution >= 4 is 11.8 Å². The molecular weight excluding hydrogens is 388 g/mol. The number of rotatable bonds is 5. The van der Waals surface area contributed by atoms with Crippen LogP contribution in [0.3, 0.4) is 0 Å². The van der Waals surface area contributed by atoms with E-state index in [1.807, 2.05) is 34.9 Å². The van der Waals surface area contributed by atoms with Gasteiger partial charge in [-0.15, -0.1) is 0 Å². The molecule has 4 bridgehead atoms. The van der Waals surface area contributed by atoms with E-state index in [0.29, 0.717) is 37.5 Å². The normalized spacial score (nSPS) is 31.7. The highest BCUT2D eigenvalue weighted by Gasteiger charge is 2.51. The fourth-order valence-electron chi connectivity index (χ4n) is 7.18. The smallest absolute Gasteiger partial charge is 0.260 e. The highest BCUT2D eigenvalue weighted by molar-refractivity contribution is 5.79. The standard InChI is InChI=1S/C26H36N2O3/c1-18-3-4-23(9-19(18)2)31-17-25(30)28-7-5-27(6-8-28)24(29)16-26-13-20-10-21(14-26)12-22(11-20)15-26/h3-4,9,20-22H,5-8,10-17H2,1-2H3. The Morgan fingerprint density at radius 3 is 1.97 bits per heavy atom. The Balaban J connectivity index is 1.10. The van der Waals surface area contributed by atoms with E-state index in [1.54, 1.807) is 0 Å². The first kappa shape index (κ1) is 20.8. The number of hydrogen-bond acceptors (Lipinski definition) is 3. The number of nitrogens with zero attached hydrogens (tertiary/aromatic N) is 2. The number of carbonyl (C=O) groups is 2. The summed E-state index contributed by atoms with van der Waals surface area (Å²) in [6.45, 7) is 6.70. The van der Waals surface area contributed by atoms with Gasteiger partial charge in [0.1, 0.15) is 5.75 Å². The van der Waals surface area contributed by atoms with Gasteiger partial charge in [-0.1, -0.05) is 6.07 Å². The highest BCUT2D eigenvalue weighted by Crippen LogP contribution is 2.61. The second-order valence-electron chi connectivity index (χ2n) is 10.9. The molecule has 5 heteroatoms. The second-order valence-corrected chi connectivity index (χ2v) is 10.9. The van der Waals surface area contributed by atoms with Crippen LogP contribution in [-0.2, 0) is 9.59 Å². The van der Waals surface area contributed by atoms with Gasteiger partial charge in [0.15, 0.2) is 6.61 Å². The van der Waals surface area contributed by atoms with Crippen molar-refractivity contribution in [1.29, 1.82) is 0 Å². The number of aryl methyl sites for hydroxylation is 2. The summed E-state index contributed by atoms with van der Waals surface area (Å²) in [4.78, 5) is 29.6. The number of benzene rings is 1. The molecule has 0 atom stereocenters. The van der Waals surface area contributed by atoms with Crippen molar-refractivity contribution in [3.63, 3.8) is 0 Å². The Hall–Kier alpha value is -2.04. The maximum atomic E-state index is 13.1. The lowest BCUT2D eigenvalue weighted by molar-refractivity contribution is -0.145. The van der Waals surface area contributed by atoms with Gasteiger partial charge in [0, 0.05) is 32.6 Å². The summed E-state index contributed by atoms with van der Waals surface area (Å²) < 4.78 is 5.72. The molecule has 5 aliphatic rings. The summed E-state index contributed by atoms with van der Waals surface area (Å²) in [7, 11) is 0. The Morgan fingerprint density at radius 1 is 0.871 bits per heavy atom. The van der Waals surface area contributed by atoms with Crippen LogP contribution in [0.4, 0.5) is 0 Å². The lowest BCUT2D eigenvalue weighted by Gasteiger charge is -2.57. The molecule has 0 N–H and O–H groups in total. The van der Waals surface area contributed by atoms with Crippen LogP contribution in [0.25, 0.3) is 0 Å². The van der Waals surface area contributed by atoms with Crippen LogP contribution in [0.2, 0.25) is 0 Å². The first-order valence-corrected chi connectivity index (χ1v) is 12.1. The molecule has 6 rings (SSSR count). The number of carbonyl (C=O) groups excluding carboxylic acids is 2. The van der Waals surface area contributed by atoms with Crippen molar-refractivity contribution in [3.8, 4) is 5.75 Å². The molecule has 0 radical (unpaired) electrons. The van der Waals surface area contributed by atoms with Crippen molar-refractivity contribution in [2.24, 2.45) is 23.2 Å². The molecule has 31 heavy (non-hydrogen) atoms. The van der Waals surface area contributed by atoms with Gasteiger partial charge in [-0.05, 0) is 98.8 Å². The highest BCUT2D eigenvalue weighted by atomic mass is 16.5. The number of hydrogen-bond donors (Lipinski definition) is 0. The molecule has 2 amide bonds. The lowest BCUT2D eigenvalue weighted by atomic mass is 9.49. The van der Waals surface area contributed by atoms with Gasteiger partial charge >= 0.3 is 0 Å². The van der Waals surface area contributed by atoms with Crippen LogP contribution in [0.15, 0.2) is 18.2 Å². The quantitative estimate of drug-likeness (QED) is 0.719. The van der Waals surface area contributed by atoms with Crippen molar-refractivity contribution in [2.45, 2.75) is 58.8 Å². The summed E-state index contributed by atoms with van der Waals surface area (Å²) in [6, 6.07) is 5.91. The van der Waals surface area contributed by atoms with Crippen molar-refractivity contribution < 1.29 is 14.3 Å². The number of amides is 2. The van der Waals surface area contributed by atoms with Crippen LogP contribution < -0.4 is 4.74 Å². The van der Waals surface area contributed by atoms with Crippen LogP contribution in [-0.4, -0.2) is 54.4 Å². The summed E-state index contributed by atoms with van der Waals surface area (Å²) >= 11 is 0. The molecular formula is C26H36N2O3. The fourth-order valence-corrected chi connectivity index (χ4v) is 7.18. The minimum Gasteiger partial charge on any atom is -0.484 e. The molecule has 5 fully saturated rings. The van der Waals surface area contributed by atoms with Crippen molar-refractivity contribution in [2.75, 3.05) is 32.8 Å². The maximum Gasteiger partial charge on any atom is 0.260 e. The van der Waals surface area contributed by atoms with Crippen molar-refractivity contribution in [3.05, 3.63) is 29.3 Å². The van der Waals surface area contributed by atoms with Gasteiger partial charge in [-0.25, -0.2) is 0 Å². The molecule has 1 saturated heterocycles. The molecule has 0 unspecified atom stereocenters. The van der Waals surface area contributed by atoms with Crippen LogP contribution in [0.5, 0.6) is 5.75 Å². The number of piperazine rings is 1. The third-order valence-electron chi connectivity index (χ3n) is 8.52. The van der Waals surface area contributed by atoms with Crippen LogP contribution in [0.1, 0.15) is 56.1 Å². The van der Waals surface area contributed by atoms with E-state index in [2.05, 4.69) is 6.92 Å². The summed E-state index contributed by atoms with van der Waals surface area (Å²) in [6.07, 6.45) is 8.81. The SMILES string of the molecule is Cc1ccc(OCC(=O)N2CCN(C(=O)CC34CC5CC(CC(C5)C3)C4)CC2)cc1C. The predicted molar refractivity (Wildman–Crippen MR) is 120 cm³/mol. The first-order chi connectivity index (χ1) is 14.9. The minimum absolute atomic E-state index is 0.00594. The van der Waals surface area contributed by atoms with Gasteiger partial charge in [0.2, 0.25) is 5.91 Å². The summed E-state index contributed by atoms with van der Waals surface area (Å²) in [5, 5.41) is 0. The molecule has 168 valence electrons. The maximum absolute atomic E-state index is 13.1. The van der Waals surface area contributed by atoms with E-state index in [4.69, 9.17) is 4.74 Å². The summed E-state index contributed by atoms with van der Waals surface area (Å²) in [5.74, 6) is 3.70. The molecule has 1 aliphatic heterocycles. The van der Waals surface area contributed by atoms with Gasteiger partial charge < -0.3 is 14.5 Å². The zero-order valence-corrected chi connectivity index (χ0v) is 19.1. The Labute approximate surface area is 186 Å². The molecule has 0 aromatic heterocycles. The summed E-state index contributed by atoms with van der Waals surface area (Å²) in [5.41, 5.74) is 2.67. The first-order valence-electron chi connectivity index (χ1n) is 12.1. The zero-order valence-electron chi connectivity index (χ0n) is 19.1. The second kappa shape index (κ2) is 8.14. The molecule has 4 saturated carbocycles. The van der Waals surface area contributed by atoms with Gasteiger partial charge in [0.05, 0.1) is 0 Å². The molecule has 5 nitrogen and oxygen atoms in total. The van der Waals surface area contributed by atoms with E-state index in [1.165, 1.54) is 44.1 Å². The topological polar surface area (TPSA) is 49.9 Å². The van der Waals surface area contributed by atoms with E-state index in [9.17, 15) is 9.59 Å². The molecule has 4 aliphatic carbocycles. The fraction of sp³-hybridized carbons (Fsp3) is 0.692. The zero-order chi connectivity index (χ0) is 21.6. The molecule has 1 aromatic carbocycles. The van der Waals surface area contributed by atoms with Crippen molar-refractivity contribution in [1.82, 2.24) is 9.80 Å². The Kier molecular flexibility index (Phi) is 5.47. The third-order valence-corrected chi connectivity index (χ3v) is 8.52. The van der Waals surface area contributed by atoms with Gasteiger partial charge in [-0.2, -0.15) is 0 Å². The molecule has 0 spiro atoms. The third kappa shape index (κ3) is 4.33. The largest absolute Gasteiger partial charge is 0.484 e. The lowest BCUT2D eigenvalue weighted by Crippen LogP contribution is -2.53. The Morgan fingerprint density at radius 2 is 1.42 bits per heavy atom. The molecule has 1 aromatic rings. The van der Waals surface area contributed by atoms with Gasteiger partial charge in [-0.3, -0.25) is 9.59 Å². The van der Waals surface area contributed by atoms with E-state index in [0.717, 1.165) is 35.5 Å². The minimum atomic E-state index is 0.00594. The van der Waals surface area contributed by atoms with Gasteiger partial charge in [0.25, 0.3) is 5.91 Å². The average molecular weight is 425 g/mol. The predicted octanol–water partition coefficient (Wildman–Crippen LogP) is 3.96. The van der Waals surface area contributed by atoms with E-state index < -0.39 is 0 Å². The Bertz CT molecular complexity index is 821.